The van der Waals surface area contributed by atoms with Crippen molar-refractivity contribution in [1.29, 1.82) is 0 Å². The van der Waals surface area contributed by atoms with Crippen molar-refractivity contribution in [2.45, 2.75) is 13.0 Å². The number of anilines is 1. The molecule has 0 unspecified atom stereocenters. The summed E-state index contributed by atoms with van der Waals surface area (Å²) in [5.41, 5.74) is 2.69. The smallest absolute Gasteiger partial charge is 0.265 e. The first-order valence-corrected chi connectivity index (χ1v) is 8.87. The number of halogens is 2. The first-order chi connectivity index (χ1) is 12.5. The third-order valence-electron chi connectivity index (χ3n) is 3.84. The normalized spacial score (nSPS) is 11.7. The lowest BCUT2D eigenvalue weighted by Crippen LogP contribution is -2.30. The molecule has 0 aliphatic carbocycles. The van der Waals surface area contributed by atoms with Gasteiger partial charge in [-0.3, -0.25) is 4.79 Å². The topological polar surface area (TPSA) is 38.3 Å². The van der Waals surface area contributed by atoms with Gasteiger partial charge in [-0.15, -0.1) is 0 Å². The average Bonchev–Trinajstić information content (AvgIpc) is 2.65. The first kappa shape index (κ1) is 18.3. The fourth-order valence-electron chi connectivity index (χ4n) is 2.51. The summed E-state index contributed by atoms with van der Waals surface area (Å²) in [6, 6.07) is 22.4. The number of benzene rings is 3. The zero-order valence-corrected chi connectivity index (χ0v) is 15.6. The Hall–Kier alpha value is -2.49. The molecule has 3 aromatic rings. The molecule has 132 valence electrons. The van der Waals surface area contributed by atoms with Crippen molar-refractivity contribution < 1.29 is 9.53 Å². The molecular formula is C21H17Cl2NO2. The lowest BCUT2D eigenvalue weighted by molar-refractivity contribution is -0.122. The van der Waals surface area contributed by atoms with E-state index in [0.29, 0.717) is 15.8 Å². The predicted octanol–water partition coefficient (Wildman–Crippen LogP) is 6.07. The molecule has 3 rings (SSSR count). The number of nitrogens with one attached hydrogen (secondary N) is 1. The van der Waals surface area contributed by atoms with Crippen molar-refractivity contribution in [3.05, 3.63) is 82.8 Å². The number of ether oxygens (including phenoxy) is 1. The van der Waals surface area contributed by atoms with Gasteiger partial charge in [0, 0.05) is 16.3 Å². The number of amides is 1. The van der Waals surface area contributed by atoms with Crippen molar-refractivity contribution >= 4 is 34.8 Å². The number of carbonyl (C=O) groups excluding carboxylic acids is 1. The highest BCUT2D eigenvalue weighted by molar-refractivity contribution is 6.35. The second kappa shape index (κ2) is 8.26. The second-order valence-electron chi connectivity index (χ2n) is 5.74. The minimum Gasteiger partial charge on any atom is -0.479 e. The van der Waals surface area contributed by atoms with Gasteiger partial charge >= 0.3 is 0 Å². The van der Waals surface area contributed by atoms with Crippen LogP contribution in [0.4, 0.5) is 5.69 Å². The van der Waals surface area contributed by atoms with Gasteiger partial charge in [0.25, 0.3) is 5.91 Å². The summed E-state index contributed by atoms with van der Waals surface area (Å²) < 4.78 is 5.68. The van der Waals surface area contributed by atoms with E-state index in [1.807, 2.05) is 54.6 Å². The van der Waals surface area contributed by atoms with E-state index in [1.165, 1.54) is 0 Å². The van der Waals surface area contributed by atoms with Gasteiger partial charge in [-0.05, 0) is 36.8 Å². The number of carbonyl (C=O) groups is 1. The lowest BCUT2D eigenvalue weighted by Gasteiger charge is -2.17. The maximum Gasteiger partial charge on any atom is 0.265 e. The minimum atomic E-state index is -0.725. The molecule has 0 spiro atoms. The Kier molecular flexibility index (Phi) is 5.82. The zero-order chi connectivity index (χ0) is 18.5. The van der Waals surface area contributed by atoms with Gasteiger partial charge in [0.1, 0.15) is 5.75 Å². The average molecular weight is 386 g/mol. The SMILES string of the molecule is C[C@H](Oc1ccc(Cl)cc1Cl)C(=O)Nc1ccccc1-c1ccccc1. The molecule has 5 heteroatoms. The van der Waals surface area contributed by atoms with Gasteiger partial charge in [0.2, 0.25) is 0 Å². The summed E-state index contributed by atoms with van der Waals surface area (Å²) in [7, 11) is 0. The molecule has 0 aromatic heterocycles. The van der Waals surface area contributed by atoms with Crippen molar-refractivity contribution in [3.63, 3.8) is 0 Å². The molecular weight excluding hydrogens is 369 g/mol. The molecule has 0 saturated heterocycles. The van der Waals surface area contributed by atoms with E-state index in [2.05, 4.69) is 5.32 Å². The van der Waals surface area contributed by atoms with Crippen LogP contribution in [0.3, 0.4) is 0 Å². The van der Waals surface area contributed by atoms with E-state index in [1.54, 1.807) is 25.1 Å². The summed E-state index contributed by atoms with van der Waals surface area (Å²) in [5.74, 6) is 0.148. The van der Waals surface area contributed by atoms with Crippen LogP contribution in [0.1, 0.15) is 6.92 Å². The van der Waals surface area contributed by atoms with E-state index >= 15 is 0 Å². The highest BCUT2D eigenvalue weighted by Gasteiger charge is 2.18. The zero-order valence-electron chi connectivity index (χ0n) is 14.1. The molecule has 0 fully saturated rings. The molecule has 0 bridgehead atoms. The van der Waals surface area contributed by atoms with Crippen molar-refractivity contribution in [3.8, 4) is 16.9 Å². The largest absolute Gasteiger partial charge is 0.479 e. The predicted molar refractivity (Wildman–Crippen MR) is 107 cm³/mol. The Bertz CT molecular complexity index is 913. The minimum absolute atomic E-state index is 0.264. The number of hydrogen-bond acceptors (Lipinski definition) is 2. The molecule has 26 heavy (non-hydrogen) atoms. The third-order valence-corrected chi connectivity index (χ3v) is 4.37. The molecule has 3 nitrogen and oxygen atoms in total. The van der Waals surface area contributed by atoms with Crippen LogP contribution < -0.4 is 10.1 Å². The maximum absolute atomic E-state index is 12.6. The Morgan fingerprint density at radius 1 is 0.962 bits per heavy atom. The van der Waals surface area contributed by atoms with Gasteiger partial charge < -0.3 is 10.1 Å². The molecule has 1 atom stereocenters. The Morgan fingerprint density at radius 3 is 2.38 bits per heavy atom. The molecule has 3 aromatic carbocycles. The highest BCUT2D eigenvalue weighted by Crippen LogP contribution is 2.30. The Balaban J connectivity index is 1.76. The number of para-hydroxylation sites is 1. The molecule has 0 saturated carbocycles. The monoisotopic (exact) mass is 385 g/mol. The van der Waals surface area contributed by atoms with Gasteiger partial charge in [-0.25, -0.2) is 0 Å². The van der Waals surface area contributed by atoms with Crippen molar-refractivity contribution in [2.75, 3.05) is 5.32 Å². The summed E-state index contributed by atoms with van der Waals surface area (Å²) in [5, 5.41) is 3.80. The van der Waals surface area contributed by atoms with E-state index in [4.69, 9.17) is 27.9 Å². The van der Waals surface area contributed by atoms with E-state index in [0.717, 1.165) is 16.8 Å². The van der Waals surface area contributed by atoms with Crippen LogP contribution in [0.15, 0.2) is 72.8 Å². The molecule has 0 heterocycles. The highest BCUT2D eigenvalue weighted by atomic mass is 35.5. The molecule has 0 radical (unpaired) electrons. The number of rotatable bonds is 5. The van der Waals surface area contributed by atoms with E-state index in [9.17, 15) is 4.79 Å². The summed E-state index contributed by atoms with van der Waals surface area (Å²) in [4.78, 5) is 12.6. The van der Waals surface area contributed by atoms with Crippen LogP contribution >= 0.6 is 23.2 Å². The summed E-state index contributed by atoms with van der Waals surface area (Å²) >= 11 is 12.0. The quantitative estimate of drug-likeness (QED) is 0.578. The molecule has 1 amide bonds. The third kappa shape index (κ3) is 4.37. The first-order valence-electron chi connectivity index (χ1n) is 8.11. The van der Waals surface area contributed by atoms with E-state index in [-0.39, 0.29) is 5.91 Å². The Morgan fingerprint density at radius 2 is 1.65 bits per heavy atom. The summed E-state index contributed by atoms with van der Waals surface area (Å²) in [6.07, 6.45) is -0.725. The van der Waals surface area contributed by atoms with Crippen LogP contribution in [0.2, 0.25) is 10.0 Å². The molecule has 0 aliphatic heterocycles. The van der Waals surface area contributed by atoms with Crippen LogP contribution in [0.25, 0.3) is 11.1 Å². The van der Waals surface area contributed by atoms with Crippen molar-refractivity contribution in [2.24, 2.45) is 0 Å². The Labute approximate surface area is 162 Å². The van der Waals surface area contributed by atoms with Gasteiger partial charge in [-0.2, -0.15) is 0 Å². The van der Waals surface area contributed by atoms with Gasteiger partial charge in [-0.1, -0.05) is 71.7 Å². The van der Waals surface area contributed by atoms with Gasteiger partial charge in [0.15, 0.2) is 6.10 Å². The fourth-order valence-corrected chi connectivity index (χ4v) is 2.96. The standard InChI is InChI=1S/C21H17Cl2NO2/c1-14(26-20-12-11-16(22)13-18(20)23)21(25)24-19-10-6-5-9-17(19)15-7-3-2-4-8-15/h2-14H,1H3,(H,24,25)/t14-/m0/s1. The maximum atomic E-state index is 12.6. The van der Waals surface area contributed by atoms with Crippen molar-refractivity contribution in [1.82, 2.24) is 0 Å². The van der Waals surface area contributed by atoms with Crippen LogP contribution in [0.5, 0.6) is 5.75 Å². The van der Waals surface area contributed by atoms with Gasteiger partial charge in [0.05, 0.1) is 5.02 Å². The lowest BCUT2D eigenvalue weighted by atomic mass is 10.0. The van der Waals surface area contributed by atoms with Crippen LogP contribution in [0, 0.1) is 0 Å². The molecule has 1 N–H and O–H groups in total. The second-order valence-corrected chi connectivity index (χ2v) is 6.58. The molecule has 0 aliphatic rings. The van der Waals surface area contributed by atoms with E-state index < -0.39 is 6.10 Å². The van der Waals surface area contributed by atoms with Crippen LogP contribution in [-0.4, -0.2) is 12.0 Å². The number of hydrogen-bond donors (Lipinski definition) is 1. The fraction of sp³-hybridized carbons (Fsp3) is 0.0952. The van der Waals surface area contributed by atoms with Crippen LogP contribution in [-0.2, 0) is 4.79 Å². The summed E-state index contributed by atoms with van der Waals surface area (Å²) in [6.45, 7) is 1.67.